The Kier molecular flexibility index (Phi) is 6.85. The van der Waals surface area contributed by atoms with Crippen LogP contribution in [-0.2, 0) is 12.8 Å². The molecule has 5 heteroatoms. The lowest BCUT2D eigenvalue weighted by molar-refractivity contribution is 0.148. The topological polar surface area (TPSA) is 54.0 Å². The van der Waals surface area contributed by atoms with Crippen molar-refractivity contribution in [1.82, 2.24) is 0 Å². The lowest BCUT2D eigenvalue weighted by atomic mass is 10.1. The van der Waals surface area contributed by atoms with E-state index in [1.807, 2.05) is 12.1 Å². The van der Waals surface area contributed by atoms with Crippen molar-refractivity contribution < 1.29 is 23.7 Å². The van der Waals surface area contributed by atoms with Gasteiger partial charge in [-0.2, -0.15) is 0 Å². The standard InChI is InChI=1S/C21H22O5/c1-5-7-15-9-11-17(19(13-15)23-3)25-21(22)26-18-12-10-16(8-6-2)14-20(18)24-4/h5-6,9-14H,1-2,7-8H2,3-4H3. The molecule has 0 saturated carbocycles. The number of benzene rings is 2. The largest absolute Gasteiger partial charge is 0.519 e. The molecule has 136 valence electrons. The predicted octanol–water partition coefficient (Wildman–Crippen LogP) is 4.74. The Morgan fingerprint density at radius 2 is 1.23 bits per heavy atom. The van der Waals surface area contributed by atoms with Crippen molar-refractivity contribution in [3.05, 3.63) is 72.8 Å². The summed E-state index contributed by atoms with van der Waals surface area (Å²) in [7, 11) is 3.01. The molecule has 0 amide bonds. The van der Waals surface area contributed by atoms with Crippen LogP contribution in [0.15, 0.2) is 61.7 Å². The molecule has 0 spiro atoms. The van der Waals surface area contributed by atoms with E-state index in [0.29, 0.717) is 24.3 Å². The first kappa shape index (κ1) is 19.1. The van der Waals surface area contributed by atoms with Gasteiger partial charge in [0.15, 0.2) is 23.0 Å². The second-order valence-electron chi connectivity index (χ2n) is 5.41. The molecule has 0 saturated heterocycles. The third-order valence-corrected chi connectivity index (χ3v) is 3.60. The molecule has 0 unspecified atom stereocenters. The van der Waals surface area contributed by atoms with Gasteiger partial charge in [-0.3, -0.25) is 0 Å². The summed E-state index contributed by atoms with van der Waals surface area (Å²) in [5.41, 5.74) is 1.99. The highest BCUT2D eigenvalue weighted by Crippen LogP contribution is 2.31. The van der Waals surface area contributed by atoms with Crippen LogP contribution in [0.1, 0.15) is 11.1 Å². The normalized spacial score (nSPS) is 9.92. The fourth-order valence-corrected chi connectivity index (χ4v) is 2.38. The van der Waals surface area contributed by atoms with Gasteiger partial charge < -0.3 is 18.9 Å². The monoisotopic (exact) mass is 354 g/mol. The summed E-state index contributed by atoms with van der Waals surface area (Å²) in [5, 5.41) is 0. The van der Waals surface area contributed by atoms with E-state index in [4.69, 9.17) is 18.9 Å². The van der Waals surface area contributed by atoms with E-state index in [0.717, 1.165) is 11.1 Å². The first-order chi connectivity index (χ1) is 12.6. The van der Waals surface area contributed by atoms with Crippen molar-refractivity contribution >= 4 is 6.16 Å². The van der Waals surface area contributed by atoms with E-state index in [1.54, 1.807) is 36.4 Å². The number of carbonyl (C=O) groups is 1. The SMILES string of the molecule is C=CCc1ccc(OC(=O)Oc2ccc(CC=C)cc2OC)c(OC)c1. The fraction of sp³-hybridized carbons (Fsp3) is 0.190. The molecule has 0 aliphatic carbocycles. The smallest absolute Gasteiger partial charge is 0.493 e. The van der Waals surface area contributed by atoms with Gasteiger partial charge in [0.1, 0.15) is 0 Å². The number of allylic oxidation sites excluding steroid dienone is 2. The van der Waals surface area contributed by atoms with Crippen molar-refractivity contribution in [3.8, 4) is 23.0 Å². The Labute approximate surface area is 153 Å². The second-order valence-corrected chi connectivity index (χ2v) is 5.41. The molecule has 0 radical (unpaired) electrons. The van der Waals surface area contributed by atoms with E-state index in [2.05, 4.69) is 13.2 Å². The molecule has 0 bridgehead atoms. The fourth-order valence-electron chi connectivity index (χ4n) is 2.38. The molecule has 0 aliphatic rings. The molecular formula is C21H22O5. The van der Waals surface area contributed by atoms with E-state index in [-0.39, 0.29) is 11.5 Å². The average molecular weight is 354 g/mol. The highest BCUT2D eigenvalue weighted by atomic mass is 16.7. The molecule has 0 aliphatic heterocycles. The Morgan fingerprint density at radius 1 is 0.808 bits per heavy atom. The van der Waals surface area contributed by atoms with Crippen LogP contribution in [0.5, 0.6) is 23.0 Å². The molecule has 0 fully saturated rings. The Balaban J connectivity index is 2.13. The lowest BCUT2D eigenvalue weighted by Gasteiger charge is -2.12. The van der Waals surface area contributed by atoms with Gasteiger partial charge in [0.2, 0.25) is 0 Å². The first-order valence-electron chi connectivity index (χ1n) is 8.06. The maximum atomic E-state index is 12.2. The molecule has 0 heterocycles. The van der Waals surface area contributed by atoms with Crippen LogP contribution < -0.4 is 18.9 Å². The van der Waals surface area contributed by atoms with Crippen LogP contribution in [0, 0.1) is 0 Å². The maximum Gasteiger partial charge on any atom is 0.519 e. The number of methoxy groups -OCH3 is 2. The van der Waals surface area contributed by atoms with Crippen LogP contribution in [-0.4, -0.2) is 20.4 Å². The summed E-state index contributed by atoms with van der Waals surface area (Å²) in [6, 6.07) is 10.5. The zero-order valence-corrected chi connectivity index (χ0v) is 15.0. The highest BCUT2D eigenvalue weighted by molar-refractivity contribution is 5.69. The third-order valence-electron chi connectivity index (χ3n) is 3.60. The number of rotatable bonds is 8. The third kappa shape index (κ3) is 4.89. The van der Waals surface area contributed by atoms with Crippen LogP contribution in [0.2, 0.25) is 0 Å². The van der Waals surface area contributed by atoms with Gasteiger partial charge in [-0.15, -0.1) is 13.2 Å². The molecule has 0 atom stereocenters. The summed E-state index contributed by atoms with van der Waals surface area (Å²) in [5.74, 6) is 1.42. The molecule has 0 N–H and O–H groups in total. The molecule has 2 aromatic carbocycles. The van der Waals surface area contributed by atoms with Crippen molar-refractivity contribution in [2.45, 2.75) is 12.8 Å². The summed E-state index contributed by atoms with van der Waals surface area (Å²) < 4.78 is 21.1. The Bertz CT molecular complexity index is 729. The summed E-state index contributed by atoms with van der Waals surface area (Å²) >= 11 is 0. The zero-order chi connectivity index (χ0) is 18.9. The average Bonchev–Trinajstić information content (AvgIpc) is 2.64. The first-order valence-corrected chi connectivity index (χ1v) is 8.06. The minimum Gasteiger partial charge on any atom is -0.493 e. The number of ether oxygens (including phenoxy) is 4. The number of hydrogen-bond donors (Lipinski definition) is 0. The molecule has 0 aromatic heterocycles. The van der Waals surface area contributed by atoms with Gasteiger partial charge in [0, 0.05) is 0 Å². The van der Waals surface area contributed by atoms with Gasteiger partial charge in [-0.25, -0.2) is 4.79 Å². The highest BCUT2D eigenvalue weighted by Gasteiger charge is 2.15. The molecular weight excluding hydrogens is 332 g/mol. The van der Waals surface area contributed by atoms with Gasteiger partial charge in [0.05, 0.1) is 14.2 Å². The van der Waals surface area contributed by atoms with Gasteiger partial charge in [-0.1, -0.05) is 24.3 Å². The van der Waals surface area contributed by atoms with E-state index >= 15 is 0 Å². The van der Waals surface area contributed by atoms with Crippen LogP contribution in [0.25, 0.3) is 0 Å². The summed E-state index contributed by atoms with van der Waals surface area (Å²) in [6.07, 6.45) is 4.07. The predicted molar refractivity (Wildman–Crippen MR) is 100 cm³/mol. The van der Waals surface area contributed by atoms with Gasteiger partial charge >= 0.3 is 6.16 Å². The van der Waals surface area contributed by atoms with Crippen LogP contribution >= 0.6 is 0 Å². The summed E-state index contributed by atoms with van der Waals surface area (Å²) in [4.78, 5) is 12.2. The molecule has 2 rings (SSSR count). The minimum absolute atomic E-state index is 0.271. The second kappa shape index (κ2) is 9.32. The maximum absolute atomic E-state index is 12.2. The van der Waals surface area contributed by atoms with Crippen molar-refractivity contribution in [2.24, 2.45) is 0 Å². The molecule has 2 aromatic rings. The Morgan fingerprint density at radius 3 is 1.58 bits per heavy atom. The van der Waals surface area contributed by atoms with Gasteiger partial charge in [-0.05, 0) is 48.2 Å². The minimum atomic E-state index is -0.880. The van der Waals surface area contributed by atoms with E-state index in [1.165, 1.54) is 14.2 Å². The van der Waals surface area contributed by atoms with E-state index in [9.17, 15) is 4.79 Å². The number of carbonyl (C=O) groups excluding carboxylic acids is 1. The lowest BCUT2D eigenvalue weighted by Crippen LogP contribution is -2.15. The van der Waals surface area contributed by atoms with Crippen molar-refractivity contribution in [3.63, 3.8) is 0 Å². The van der Waals surface area contributed by atoms with Gasteiger partial charge in [0.25, 0.3) is 0 Å². The quantitative estimate of drug-likeness (QED) is 0.389. The number of hydrogen-bond acceptors (Lipinski definition) is 5. The van der Waals surface area contributed by atoms with Crippen LogP contribution in [0.3, 0.4) is 0 Å². The van der Waals surface area contributed by atoms with E-state index < -0.39 is 6.16 Å². The molecule has 26 heavy (non-hydrogen) atoms. The van der Waals surface area contributed by atoms with Crippen molar-refractivity contribution in [1.29, 1.82) is 0 Å². The summed E-state index contributed by atoms with van der Waals surface area (Å²) in [6.45, 7) is 7.40. The Hall–Kier alpha value is -3.21. The van der Waals surface area contributed by atoms with Crippen LogP contribution in [0.4, 0.5) is 4.79 Å². The zero-order valence-electron chi connectivity index (χ0n) is 15.0. The van der Waals surface area contributed by atoms with Crippen molar-refractivity contribution in [2.75, 3.05) is 14.2 Å². The molecule has 5 nitrogen and oxygen atoms in total.